The lowest BCUT2D eigenvalue weighted by Gasteiger charge is -2.33. The van der Waals surface area contributed by atoms with Crippen molar-refractivity contribution in [3.63, 3.8) is 0 Å². The van der Waals surface area contributed by atoms with Crippen LogP contribution in [0.3, 0.4) is 0 Å². The topological polar surface area (TPSA) is 57.3 Å². The molecule has 1 atom stereocenters. The first-order valence-electron chi connectivity index (χ1n) is 9.39. The van der Waals surface area contributed by atoms with Gasteiger partial charge in [0.1, 0.15) is 13.1 Å². The summed E-state index contributed by atoms with van der Waals surface area (Å²) in [6, 6.07) is 5.94. The molecule has 2 aromatic rings. The van der Waals surface area contributed by atoms with E-state index in [0.29, 0.717) is 16.1 Å². The van der Waals surface area contributed by atoms with Crippen LogP contribution in [0, 0.1) is 0 Å². The van der Waals surface area contributed by atoms with Gasteiger partial charge in [-0.05, 0) is 35.4 Å². The number of morpholine rings is 1. The summed E-state index contributed by atoms with van der Waals surface area (Å²) in [4.78, 5) is 1.35. The highest BCUT2D eigenvalue weighted by atomic mass is 35.5. The third-order valence-corrected chi connectivity index (χ3v) is 6.19. The van der Waals surface area contributed by atoms with Gasteiger partial charge in [0.15, 0.2) is 6.04 Å². The molecule has 2 heterocycles. The van der Waals surface area contributed by atoms with Gasteiger partial charge in [-0.25, -0.2) is 4.68 Å². The van der Waals surface area contributed by atoms with Crippen molar-refractivity contribution in [2.45, 2.75) is 44.2 Å². The van der Waals surface area contributed by atoms with Crippen LogP contribution in [0.5, 0.6) is 0 Å². The maximum atomic E-state index is 6.59. The molecule has 1 aliphatic carbocycles. The summed E-state index contributed by atoms with van der Waals surface area (Å²) < 4.78 is 7.60. The van der Waals surface area contributed by atoms with Crippen molar-refractivity contribution in [3.05, 3.63) is 39.6 Å². The zero-order valence-corrected chi connectivity index (χ0v) is 16.2. The number of halogens is 2. The van der Waals surface area contributed by atoms with Gasteiger partial charge in [-0.2, -0.15) is 0 Å². The maximum absolute atomic E-state index is 6.59. The number of aromatic nitrogens is 4. The SMILES string of the molecule is Clc1cccc(Cl)c1[C@@H](c1nnnn1C1CCCCC1)[NH+]1CCOCC1. The maximum Gasteiger partial charge on any atom is 0.214 e. The standard InChI is InChI=1S/C18H23Cl2N5O/c19-14-7-4-8-15(20)16(14)17(24-9-11-26-12-10-24)18-21-22-23-25(18)13-5-2-1-3-6-13/h4,7-8,13,17H,1-3,5-6,9-12H2/p+1/t17-/m0/s1. The normalized spacial score (nSPS) is 21.0. The van der Waals surface area contributed by atoms with Crippen LogP contribution in [0.15, 0.2) is 18.2 Å². The second-order valence-electron chi connectivity index (χ2n) is 7.11. The number of quaternary nitrogens is 1. The van der Waals surface area contributed by atoms with E-state index in [2.05, 4.69) is 15.5 Å². The molecule has 0 radical (unpaired) electrons. The van der Waals surface area contributed by atoms with Gasteiger partial charge in [-0.15, -0.1) is 5.10 Å². The summed E-state index contributed by atoms with van der Waals surface area (Å²) >= 11 is 13.2. The molecule has 1 aliphatic heterocycles. The predicted octanol–water partition coefficient (Wildman–Crippen LogP) is 2.49. The molecule has 0 amide bonds. The summed E-state index contributed by atoms with van der Waals surface area (Å²) in [5.74, 6) is 0.865. The fourth-order valence-electron chi connectivity index (χ4n) is 4.20. The zero-order chi connectivity index (χ0) is 17.9. The van der Waals surface area contributed by atoms with E-state index in [0.717, 1.165) is 50.5 Å². The Morgan fingerprint density at radius 2 is 1.77 bits per heavy atom. The van der Waals surface area contributed by atoms with Gasteiger partial charge in [0.2, 0.25) is 5.82 Å². The molecule has 140 valence electrons. The van der Waals surface area contributed by atoms with Gasteiger partial charge in [0, 0.05) is 0 Å². The molecular weight excluding hydrogens is 373 g/mol. The fourth-order valence-corrected chi connectivity index (χ4v) is 4.82. The average Bonchev–Trinajstić information content (AvgIpc) is 3.15. The van der Waals surface area contributed by atoms with E-state index in [1.165, 1.54) is 24.2 Å². The third-order valence-electron chi connectivity index (χ3n) is 5.53. The Hall–Kier alpha value is -1.21. The van der Waals surface area contributed by atoms with Crippen LogP contribution in [0.25, 0.3) is 0 Å². The number of hydrogen-bond donors (Lipinski definition) is 1. The lowest BCUT2D eigenvalue weighted by Crippen LogP contribution is -3.14. The Morgan fingerprint density at radius 3 is 2.46 bits per heavy atom. The Labute approximate surface area is 163 Å². The molecule has 0 bridgehead atoms. The van der Waals surface area contributed by atoms with E-state index in [1.807, 2.05) is 22.9 Å². The third kappa shape index (κ3) is 3.60. The molecule has 0 unspecified atom stereocenters. The second-order valence-corrected chi connectivity index (χ2v) is 7.93. The monoisotopic (exact) mass is 396 g/mol. The van der Waals surface area contributed by atoms with Crippen molar-refractivity contribution < 1.29 is 9.64 Å². The minimum Gasteiger partial charge on any atom is -0.370 e. The number of benzene rings is 1. The van der Waals surface area contributed by atoms with Gasteiger partial charge < -0.3 is 9.64 Å². The average molecular weight is 397 g/mol. The van der Waals surface area contributed by atoms with Gasteiger partial charge in [0.25, 0.3) is 0 Å². The molecule has 4 rings (SSSR count). The minimum absolute atomic E-state index is 0.0861. The molecule has 2 fully saturated rings. The van der Waals surface area contributed by atoms with Crippen molar-refractivity contribution in [1.82, 2.24) is 20.2 Å². The van der Waals surface area contributed by atoms with E-state index >= 15 is 0 Å². The molecule has 1 saturated carbocycles. The lowest BCUT2D eigenvalue weighted by molar-refractivity contribution is -0.933. The van der Waals surface area contributed by atoms with Crippen LogP contribution in [-0.4, -0.2) is 46.5 Å². The Kier molecular flexibility index (Phi) is 5.74. The van der Waals surface area contributed by atoms with E-state index in [9.17, 15) is 0 Å². The molecular formula is C18H24Cl2N5O+. The molecule has 1 aromatic carbocycles. The Balaban J connectivity index is 1.78. The number of nitrogens with one attached hydrogen (secondary N) is 1. The lowest BCUT2D eigenvalue weighted by atomic mass is 9.95. The van der Waals surface area contributed by atoms with Crippen LogP contribution >= 0.6 is 23.2 Å². The van der Waals surface area contributed by atoms with Crippen molar-refractivity contribution >= 4 is 23.2 Å². The highest BCUT2D eigenvalue weighted by Gasteiger charge is 2.37. The summed E-state index contributed by atoms with van der Waals surface area (Å²) in [6.07, 6.45) is 6.00. The van der Waals surface area contributed by atoms with Crippen LogP contribution in [0.2, 0.25) is 10.0 Å². The summed E-state index contributed by atoms with van der Waals surface area (Å²) in [5, 5.41) is 14.2. The molecule has 1 N–H and O–H groups in total. The molecule has 26 heavy (non-hydrogen) atoms. The van der Waals surface area contributed by atoms with E-state index in [-0.39, 0.29) is 6.04 Å². The van der Waals surface area contributed by atoms with Crippen LogP contribution < -0.4 is 4.90 Å². The molecule has 6 nitrogen and oxygen atoms in total. The fraction of sp³-hybridized carbons (Fsp3) is 0.611. The van der Waals surface area contributed by atoms with Crippen LogP contribution in [-0.2, 0) is 4.74 Å². The Morgan fingerprint density at radius 1 is 1.08 bits per heavy atom. The first-order chi connectivity index (χ1) is 12.8. The van der Waals surface area contributed by atoms with E-state index < -0.39 is 0 Å². The number of ether oxygens (including phenoxy) is 1. The van der Waals surface area contributed by atoms with E-state index in [4.69, 9.17) is 27.9 Å². The van der Waals surface area contributed by atoms with Gasteiger partial charge in [-0.3, -0.25) is 0 Å². The van der Waals surface area contributed by atoms with Crippen molar-refractivity contribution in [1.29, 1.82) is 0 Å². The van der Waals surface area contributed by atoms with Crippen LogP contribution in [0.4, 0.5) is 0 Å². The first kappa shape index (κ1) is 18.2. The van der Waals surface area contributed by atoms with Gasteiger partial charge in [0.05, 0.1) is 34.9 Å². The predicted molar refractivity (Wildman–Crippen MR) is 99.8 cm³/mol. The number of hydrogen-bond acceptors (Lipinski definition) is 4. The molecule has 1 saturated heterocycles. The number of nitrogens with zero attached hydrogens (tertiary/aromatic N) is 4. The smallest absolute Gasteiger partial charge is 0.214 e. The zero-order valence-electron chi connectivity index (χ0n) is 14.7. The molecule has 8 heteroatoms. The summed E-state index contributed by atoms with van der Waals surface area (Å²) in [7, 11) is 0. The van der Waals surface area contributed by atoms with E-state index in [1.54, 1.807) is 0 Å². The van der Waals surface area contributed by atoms with Crippen molar-refractivity contribution in [3.8, 4) is 0 Å². The highest BCUT2D eigenvalue weighted by molar-refractivity contribution is 6.36. The molecule has 1 aromatic heterocycles. The largest absolute Gasteiger partial charge is 0.370 e. The summed E-state index contributed by atoms with van der Waals surface area (Å²) in [6.45, 7) is 3.20. The number of rotatable bonds is 4. The summed E-state index contributed by atoms with van der Waals surface area (Å²) in [5.41, 5.74) is 0.916. The first-order valence-corrected chi connectivity index (χ1v) is 10.2. The second kappa shape index (κ2) is 8.21. The Bertz CT molecular complexity index is 721. The highest BCUT2D eigenvalue weighted by Crippen LogP contribution is 2.34. The van der Waals surface area contributed by atoms with Gasteiger partial charge >= 0.3 is 0 Å². The van der Waals surface area contributed by atoms with Crippen LogP contribution in [0.1, 0.15) is 55.6 Å². The number of tetrazole rings is 1. The van der Waals surface area contributed by atoms with Crippen molar-refractivity contribution in [2.75, 3.05) is 26.3 Å². The molecule has 2 aliphatic rings. The van der Waals surface area contributed by atoms with Crippen molar-refractivity contribution in [2.24, 2.45) is 0 Å². The molecule has 0 spiro atoms. The quantitative estimate of drug-likeness (QED) is 0.862. The van der Waals surface area contributed by atoms with Gasteiger partial charge in [-0.1, -0.05) is 48.5 Å². The minimum atomic E-state index is -0.0861.